The Bertz CT molecular complexity index is 616. The van der Waals surface area contributed by atoms with Crippen LogP contribution in [0.5, 0.6) is 0 Å². The molecule has 0 fully saturated rings. The maximum atomic E-state index is 11.5. The minimum Gasteiger partial charge on any atom is -0.399 e. The molecule has 0 saturated heterocycles. The van der Waals surface area contributed by atoms with Crippen LogP contribution in [-0.2, 0) is 9.84 Å². The highest BCUT2D eigenvalue weighted by molar-refractivity contribution is 7.90. The molecule has 1 heterocycles. The van der Waals surface area contributed by atoms with Crippen molar-refractivity contribution >= 4 is 15.5 Å². The smallest absolute Gasteiger partial charge is 0.192 e. The predicted octanol–water partition coefficient (Wildman–Crippen LogP) is 1.06. The first-order valence-corrected chi connectivity index (χ1v) is 6.47. The van der Waals surface area contributed by atoms with Gasteiger partial charge >= 0.3 is 0 Å². The fraction of sp³-hybridized carbons (Fsp3) is 0.100. The van der Waals surface area contributed by atoms with Crippen molar-refractivity contribution in [3.8, 4) is 11.1 Å². The molecule has 1 aromatic carbocycles. The Labute approximate surface area is 93.2 Å². The van der Waals surface area contributed by atoms with Crippen LogP contribution >= 0.6 is 0 Å². The lowest BCUT2D eigenvalue weighted by Gasteiger charge is -2.02. The average Bonchev–Trinajstić information content (AvgIpc) is 2.65. The molecule has 0 atom stereocenters. The van der Waals surface area contributed by atoms with Gasteiger partial charge in [-0.25, -0.2) is 8.42 Å². The second-order valence-corrected chi connectivity index (χ2v) is 5.46. The fourth-order valence-corrected chi connectivity index (χ4v) is 2.26. The van der Waals surface area contributed by atoms with Crippen molar-refractivity contribution in [3.63, 3.8) is 0 Å². The van der Waals surface area contributed by atoms with Gasteiger partial charge in [0.1, 0.15) is 0 Å². The van der Waals surface area contributed by atoms with Crippen molar-refractivity contribution in [2.24, 2.45) is 0 Å². The number of aromatic amines is 1. The molecule has 0 aliphatic heterocycles. The molecule has 0 aliphatic rings. The summed E-state index contributed by atoms with van der Waals surface area (Å²) in [4.78, 5) is 0. The van der Waals surface area contributed by atoms with Gasteiger partial charge in [-0.05, 0) is 17.7 Å². The molecule has 5 nitrogen and oxygen atoms in total. The van der Waals surface area contributed by atoms with Crippen LogP contribution in [0.25, 0.3) is 11.1 Å². The van der Waals surface area contributed by atoms with E-state index in [1.807, 2.05) is 0 Å². The van der Waals surface area contributed by atoms with Crippen molar-refractivity contribution in [2.45, 2.75) is 5.03 Å². The third-order valence-electron chi connectivity index (χ3n) is 2.17. The summed E-state index contributed by atoms with van der Waals surface area (Å²) in [5.74, 6) is 0. The van der Waals surface area contributed by atoms with Gasteiger partial charge in [0, 0.05) is 17.5 Å². The van der Waals surface area contributed by atoms with E-state index in [0.29, 0.717) is 11.3 Å². The van der Waals surface area contributed by atoms with Gasteiger partial charge in [-0.2, -0.15) is 5.10 Å². The molecule has 0 unspecified atom stereocenters. The Kier molecular flexibility index (Phi) is 2.43. The topological polar surface area (TPSA) is 88.8 Å². The predicted molar refractivity (Wildman–Crippen MR) is 61.5 cm³/mol. The van der Waals surface area contributed by atoms with Gasteiger partial charge < -0.3 is 5.73 Å². The van der Waals surface area contributed by atoms with Crippen molar-refractivity contribution in [3.05, 3.63) is 30.5 Å². The van der Waals surface area contributed by atoms with Crippen LogP contribution < -0.4 is 5.73 Å². The van der Waals surface area contributed by atoms with E-state index in [0.717, 1.165) is 11.8 Å². The zero-order valence-corrected chi connectivity index (χ0v) is 9.45. The molecule has 6 heteroatoms. The number of hydrogen-bond donors (Lipinski definition) is 2. The van der Waals surface area contributed by atoms with Crippen LogP contribution in [0.2, 0.25) is 0 Å². The van der Waals surface area contributed by atoms with Crippen molar-refractivity contribution in [2.75, 3.05) is 12.0 Å². The average molecular weight is 237 g/mol. The second kappa shape index (κ2) is 3.64. The molecular weight excluding hydrogens is 226 g/mol. The van der Waals surface area contributed by atoms with Gasteiger partial charge in [0.25, 0.3) is 0 Å². The summed E-state index contributed by atoms with van der Waals surface area (Å²) in [5, 5.41) is 6.34. The number of hydrogen-bond acceptors (Lipinski definition) is 4. The van der Waals surface area contributed by atoms with E-state index in [9.17, 15) is 8.42 Å². The number of nitrogens with zero attached hydrogens (tertiary/aromatic N) is 1. The Morgan fingerprint density at radius 1 is 1.38 bits per heavy atom. The summed E-state index contributed by atoms with van der Waals surface area (Å²) in [5.41, 5.74) is 7.49. The monoisotopic (exact) mass is 237 g/mol. The highest BCUT2D eigenvalue weighted by Gasteiger charge is 2.16. The number of anilines is 1. The molecule has 0 saturated carbocycles. The number of nitrogens with one attached hydrogen (secondary N) is 1. The fourth-order valence-electron chi connectivity index (χ4n) is 1.47. The van der Waals surface area contributed by atoms with Crippen LogP contribution in [0.15, 0.2) is 35.5 Å². The Morgan fingerprint density at radius 2 is 2.12 bits per heavy atom. The molecule has 2 aromatic rings. The van der Waals surface area contributed by atoms with Crippen LogP contribution in [0.1, 0.15) is 0 Å². The number of H-pyrrole nitrogens is 1. The molecule has 0 bridgehead atoms. The van der Waals surface area contributed by atoms with Gasteiger partial charge in [0.15, 0.2) is 14.9 Å². The Balaban J connectivity index is 2.62. The number of sulfone groups is 1. The normalized spacial score (nSPS) is 11.6. The molecule has 1 aromatic heterocycles. The lowest BCUT2D eigenvalue weighted by atomic mass is 10.1. The SMILES string of the molecule is CS(=O)(=O)c1[nH]ncc1-c1cccc(N)c1. The molecule has 2 rings (SSSR count). The summed E-state index contributed by atoms with van der Waals surface area (Å²) < 4.78 is 22.9. The second-order valence-electron chi connectivity index (χ2n) is 3.51. The third kappa shape index (κ3) is 1.92. The van der Waals surface area contributed by atoms with Gasteiger partial charge in [0.2, 0.25) is 0 Å². The van der Waals surface area contributed by atoms with Crippen molar-refractivity contribution in [1.29, 1.82) is 0 Å². The summed E-state index contributed by atoms with van der Waals surface area (Å²) in [6, 6.07) is 7.00. The van der Waals surface area contributed by atoms with E-state index in [4.69, 9.17) is 5.73 Å². The van der Waals surface area contributed by atoms with E-state index < -0.39 is 9.84 Å². The summed E-state index contributed by atoms with van der Waals surface area (Å²) >= 11 is 0. The molecule has 16 heavy (non-hydrogen) atoms. The standard InChI is InChI=1S/C10H11N3O2S/c1-16(14,15)10-9(6-12-13-10)7-3-2-4-8(11)5-7/h2-6H,11H2,1H3,(H,12,13). The maximum absolute atomic E-state index is 11.5. The Morgan fingerprint density at radius 3 is 2.75 bits per heavy atom. The molecule has 0 radical (unpaired) electrons. The van der Waals surface area contributed by atoms with Crippen molar-refractivity contribution < 1.29 is 8.42 Å². The number of rotatable bonds is 2. The van der Waals surface area contributed by atoms with E-state index in [1.54, 1.807) is 24.3 Å². The quantitative estimate of drug-likeness (QED) is 0.764. The summed E-state index contributed by atoms with van der Waals surface area (Å²) in [6.45, 7) is 0. The summed E-state index contributed by atoms with van der Waals surface area (Å²) in [6.07, 6.45) is 2.61. The molecule has 84 valence electrons. The first-order valence-electron chi connectivity index (χ1n) is 4.58. The molecule has 3 N–H and O–H groups in total. The van der Waals surface area contributed by atoms with Crippen LogP contribution in [-0.4, -0.2) is 24.9 Å². The van der Waals surface area contributed by atoms with E-state index in [-0.39, 0.29) is 5.03 Å². The highest BCUT2D eigenvalue weighted by Crippen LogP contribution is 2.26. The third-order valence-corrected chi connectivity index (χ3v) is 3.23. The summed E-state index contributed by atoms with van der Waals surface area (Å²) in [7, 11) is -3.31. The van der Waals surface area contributed by atoms with E-state index in [1.165, 1.54) is 6.20 Å². The lowest BCUT2D eigenvalue weighted by molar-refractivity contribution is 0.598. The number of benzene rings is 1. The minimum absolute atomic E-state index is 0.109. The Hall–Kier alpha value is -1.82. The van der Waals surface area contributed by atoms with Gasteiger partial charge in [-0.15, -0.1) is 0 Å². The molecular formula is C10H11N3O2S. The van der Waals surface area contributed by atoms with Gasteiger partial charge in [0.05, 0.1) is 6.20 Å². The zero-order valence-electron chi connectivity index (χ0n) is 8.64. The van der Waals surface area contributed by atoms with E-state index in [2.05, 4.69) is 10.2 Å². The van der Waals surface area contributed by atoms with Crippen molar-refractivity contribution in [1.82, 2.24) is 10.2 Å². The van der Waals surface area contributed by atoms with Crippen LogP contribution in [0.4, 0.5) is 5.69 Å². The van der Waals surface area contributed by atoms with E-state index >= 15 is 0 Å². The minimum atomic E-state index is -3.31. The maximum Gasteiger partial charge on any atom is 0.192 e. The zero-order chi connectivity index (χ0) is 11.8. The first kappa shape index (κ1) is 10.7. The lowest BCUT2D eigenvalue weighted by Crippen LogP contribution is -1.99. The van der Waals surface area contributed by atoms with Crippen LogP contribution in [0.3, 0.4) is 0 Å². The largest absolute Gasteiger partial charge is 0.399 e. The van der Waals surface area contributed by atoms with Gasteiger partial charge in [-0.1, -0.05) is 12.1 Å². The number of nitrogens with two attached hydrogens (primary N) is 1. The molecule has 0 spiro atoms. The highest BCUT2D eigenvalue weighted by atomic mass is 32.2. The first-order chi connectivity index (χ1) is 7.48. The van der Waals surface area contributed by atoms with Crippen LogP contribution in [0, 0.1) is 0 Å². The van der Waals surface area contributed by atoms with Gasteiger partial charge in [-0.3, -0.25) is 5.10 Å². The number of aromatic nitrogens is 2. The number of nitrogen functional groups attached to an aromatic ring is 1. The molecule has 0 aliphatic carbocycles. The molecule has 0 amide bonds.